The second-order valence-electron chi connectivity index (χ2n) is 8.89. The van der Waals surface area contributed by atoms with E-state index in [1.54, 1.807) is 23.1 Å². The van der Waals surface area contributed by atoms with E-state index in [4.69, 9.17) is 55.1 Å². The lowest BCUT2D eigenvalue weighted by molar-refractivity contribution is -0.432. The Morgan fingerprint density at radius 2 is 1.69 bits per heavy atom. The van der Waals surface area contributed by atoms with E-state index in [-0.39, 0.29) is 40.1 Å². The van der Waals surface area contributed by atoms with Crippen molar-refractivity contribution in [3.8, 4) is 6.07 Å². The van der Waals surface area contributed by atoms with Crippen LogP contribution < -0.4 is 4.90 Å². The molecule has 2 aromatic carbocycles. The monoisotopic (exact) mass is 759 g/mol. The van der Waals surface area contributed by atoms with Crippen LogP contribution >= 0.6 is 70.2 Å². The molecule has 0 fully saturated rings. The molecule has 0 saturated carbocycles. The minimum atomic E-state index is -4.09. The maximum absolute atomic E-state index is 11.0. The van der Waals surface area contributed by atoms with Gasteiger partial charge in [-0.05, 0) is 49.6 Å². The van der Waals surface area contributed by atoms with Crippen LogP contribution in [0, 0.1) is 18.3 Å². The molecule has 45 heavy (non-hydrogen) atoms. The minimum absolute atomic E-state index is 0.0655. The Labute approximate surface area is 285 Å². The topological polar surface area (TPSA) is 196 Å². The summed E-state index contributed by atoms with van der Waals surface area (Å²) in [4.78, 5) is 8.17. The molecular weight excluding hydrogens is 737 g/mol. The van der Waals surface area contributed by atoms with E-state index in [1.807, 2.05) is 6.92 Å². The summed E-state index contributed by atoms with van der Waals surface area (Å²) in [5.41, 5.74) is 2.05. The minimum Gasteiger partial charge on any atom is -0.368 e. The molecule has 0 aliphatic carbocycles. The summed E-state index contributed by atoms with van der Waals surface area (Å²) in [6.45, 7) is 2.37. The molecule has 0 atom stereocenters. The average Bonchev–Trinajstić information content (AvgIpc) is 3.34. The van der Waals surface area contributed by atoms with Crippen molar-refractivity contribution >= 4 is 96.8 Å². The Morgan fingerprint density at radius 1 is 1.02 bits per heavy atom. The first-order chi connectivity index (χ1) is 21.4. The van der Waals surface area contributed by atoms with Crippen LogP contribution in [0.4, 0.5) is 16.5 Å². The van der Waals surface area contributed by atoms with Gasteiger partial charge in [-0.1, -0.05) is 56.2 Å². The number of benzene rings is 2. The lowest BCUT2D eigenvalue weighted by atomic mass is 10.1. The van der Waals surface area contributed by atoms with Crippen LogP contribution in [-0.4, -0.2) is 47.3 Å². The van der Waals surface area contributed by atoms with E-state index in [1.165, 1.54) is 17.4 Å². The predicted molar refractivity (Wildman–Crippen MR) is 171 cm³/mol. The van der Waals surface area contributed by atoms with Gasteiger partial charge < -0.3 is 4.90 Å². The number of unbranched alkanes of at least 4 members (excludes halogenated alkanes) is 1. The standard InChI is InChI=1S/C24H24Cl3N5O9S4/c1-14-20(11-15-9-16(43-40-38-33)12-17(10-15)44-41-39-34)42-24(29-14)31-30-19-13-18(25)23(22(27)21(19)26)32(7-4-5-28)6-2-3-8-45(35,36)37/h9-10,12-13,33-34H,2-4,6-8,11H2,1H3,(H,35,36,37). The lowest BCUT2D eigenvalue weighted by Gasteiger charge is -2.26. The van der Waals surface area contributed by atoms with Crippen molar-refractivity contribution in [2.24, 2.45) is 10.2 Å². The van der Waals surface area contributed by atoms with Gasteiger partial charge in [0.15, 0.2) is 0 Å². The molecule has 3 aromatic rings. The number of hydrogen-bond acceptors (Lipinski definition) is 16. The van der Waals surface area contributed by atoms with E-state index in [0.29, 0.717) is 45.7 Å². The van der Waals surface area contributed by atoms with Gasteiger partial charge in [-0.2, -0.15) is 13.7 Å². The van der Waals surface area contributed by atoms with Crippen molar-refractivity contribution in [3.05, 3.63) is 55.5 Å². The third kappa shape index (κ3) is 12.1. The van der Waals surface area contributed by atoms with Crippen LogP contribution in [0.15, 0.2) is 44.3 Å². The quantitative estimate of drug-likeness (QED) is 0.0212. The zero-order chi connectivity index (χ0) is 33.0. The van der Waals surface area contributed by atoms with E-state index in [2.05, 4.69) is 40.0 Å². The fourth-order valence-electron chi connectivity index (χ4n) is 3.88. The lowest BCUT2D eigenvalue weighted by Crippen LogP contribution is -2.26. The second kappa shape index (κ2) is 18.5. The van der Waals surface area contributed by atoms with Crippen molar-refractivity contribution in [2.45, 2.75) is 42.4 Å². The Kier molecular flexibility index (Phi) is 15.5. The zero-order valence-electron chi connectivity index (χ0n) is 23.1. The smallest absolute Gasteiger partial charge is 0.264 e. The highest BCUT2D eigenvalue weighted by molar-refractivity contribution is 7.95. The summed E-state index contributed by atoms with van der Waals surface area (Å²) in [7, 11) is -4.09. The number of rotatable bonds is 18. The molecule has 3 N–H and O–H groups in total. The number of azo groups is 1. The molecule has 0 radical (unpaired) electrons. The summed E-state index contributed by atoms with van der Waals surface area (Å²) < 4.78 is 40.1. The molecule has 0 saturated heterocycles. The third-order valence-electron chi connectivity index (χ3n) is 5.76. The van der Waals surface area contributed by atoms with Crippen molar-refractivity contribution in [1.29, 1.82) is 5.26 Å². The highest BCUT2D eigenvalue weighted by Crippen LogP contribution is 2.45. The average molecular weight is 761 g/mol. The summed E-state index contributed by atoms with van der Waals surface area (Å²) in [6.07, 6.45) is 1.14. The van der Waals surface area contributed by atoms with Gasteiger partial charge in [-0.25, -0.2) is 15.5 Å². The molecule has 1 aromatic heterocycles. The SMILES string of the molecule is Cc1nc(N=Nc2cc(Cl)c(N(CCC#N)CCCCS(=O)(=O)O)c(Cl)c2Cl)sc1Cc1cc(SOOO)cc(SOOO)c1. The molecule has 21 heteroatoms. The fourth-order valence-corrected chi connectivity index (χ4v) is 7.28. The van der Waals surface area contributed by atoms with Gasteiger partial charge in [-0.3, -0.25) is 4.55 Å². The zero-order valence-corrected chi connectivity index (χ0v) is 28.6. The first-order valence-corrected chi connectivity index (χ1v) is 17.6. The maximum atomic E-state index is 11.0. The number of anilines is 1. The molecule has 0 aliphatic rings. The van der Waals surface area contributed by atoms with Gasteiger partial charge in [-0.15, -0.1) is 18.9 Å². The Morgan fingerprint density at radius 3 is 2.29 bits per heavy atom. The number of halogens is 3. The predicted octanol–water partition coefficient (Wildman–Crippen LogP) is 8.66. The highest BCUT2D eigenvalue weighted by Gasteiger charge is 2.21. The van der Waals surface area contributed by atoms with Gasteiger partial charge in [0.25, 0.3) is 10.1 Å². The molecular formula is C24H24Cl3N5O9S4. The van der Waals surface area contributed by atoms with E-state index < -0.39 is 15.9 Å². The molecule has 1 heterocycles. The normalized spacial score (nSPS) is 11.8. The Balaban J connectivity index is 1.81. The second-order valence-corrected chi connectivity index (χ2v) is 14.2. The Hall–Kier alpha value is -1.80. The van der Waals surface area contributed by atoms with Gasteiger partial charge in [0.05, 0.1) is 68.8 Å². The summed E-state index contributed by atoms with van der Waals surface area (Å²) in [5, 5.41) is 42.5. The number of thiazole rings is 1. The number of hydrogen-bond donors (Lipinski definition) is 3. The summed E-state index contributed by atoms with van der Waals surface area (Å²) in [6, 6.07) is 8.75. The number of nitriles is 1. The number of nitrogens with zero attached hydrogens (tertiary/aromatic N) is 5. The number of aryl methyl sites for hydroxylation is 1. The van der Waals surface area contributed by atoms with E-state index in [0.717, 1.165) is 34.5 Å². The maximum Gasteiger partial charge on any atom is 0.264 e. The molecule has 14 nitrogen and oxygen atoms in total. The highest BCUT2D eigenvalue weighted by atomic mass is 35.5. The molecule has 244 valence electrons. The number of aromatic nitrogens is 1. The van der Waals surface area contributed by atoms with E-state index in [9.17, 15) is 8.42 Å². The van der Waals surface area contributed by atoms with Crippen molar-refractivity contribution in [3.63, 3.8) is 0 Å². The molecule has 0 amide bonds. The van der Waals surface area contributed by atoms with Crippen LogP contribution in [-0.2, 0) is 35.3 Å². The van der Waals surface area contributed by atoms with Crippen molar-refractivity contribution in [1.82, 2.24) is 4.98 Å². The largest absolute Gasteiger partial charge is 0.368 e. The fraction of sp³-hybridized carbons (Fsp3) is 0.333. The third-order valence-corrected chi connectivity index (χ3v) is 9.85. The molecule has 0 aliphatic heterocycles. The van der Waals surface area contributed by atoms with Crippen LogP contribution in [0.1, 0.15) is 35.4 Å². The first-order valence-electron chi connectivity index (χ1n) is 12.5. The van der Waals surface area contributed by atoms with Crippen LogP contribution in [0.25, 0.3) is 0 Å². The van der Waals surface area contributed by atoms with Crippen molar-refractivity contribution < 1.29 is 42.2 Å². The van der Waals surface area contributed by atoms with Gasteiger partial charge in [0.2, 0.25) is 5.13 Å². The van der Waals surface area contributed by atoms with Crippen LogP contribution in [0.3, 0.4) is 0 Å². The molecule has 0 spiro atoms. The van der Waals surface area contributed by atoms with E-state index >= 15 is 0 Å². The Bertz CT molecular complexity index is 1610. The summed E-state index contributed by atoms with van der Waals surface area (Å²) >= 11 is 22.5. The van der Waals surface area contributed by atoms with Gasteiger partial charge in [0.1, 0.15) is 5.69 Å². The molecule has 0 bridgehead atoms. The summed E-state index contributed by atoms with van der Waals surface area (Å²) in [5.74, 6) is -0.395. The molecule has 3 rings (SSSR count). The first kappa shape index (κ1) is 37.7. The van der Waals surface area contributed by atoms with Crippen LogP contribution in [0.5, 0.6) is 0 Å². The van der Waals surface area contributed by atoms with Gasteiger partial charge in [0, 0.05) is 34.2 Å². The van der Waals surface area contributed by atoms with Crippen LogP contribution in [0.2, 0.25) is 15.1 Å². The molecule has 0 unspecified atom stereocenters. The van der Waals surface area contributed by atoms with Gasteiger partial charge >= 0.3 is 0 Å². The van der Waals surface area contributed by atoms with Crippen molar-refractivity contribution in [2.75, 3.05) is 23.7 Å².